The number of allylic oxidation sites excluding steroid dienone is 5. The Morgan fingerprint density at radius 1 is 1.50 bits per heavy atom. The van der Waals surface area contributed by atoms with Gasteiger partial charge in [-0.15, -0.1) is 0 Å². The van der Waals surface area contributed by atoms with E-state index in [1.54, 1.807) is 4.90 Å². The van der Waals surface area contributed by atoms with Crippen molar-refractivity contribution in [3.8, 4) is 0 Å². The highest BCUT2D eigenvalue weighted by molar-refractivity contribution is 5.80. The number of likely N-dealkylation sites (tertiary alicyclic amines) is 1. The number of amides is 1. The first kappa shape index (κ1) is 10.5. The van der Waals surface area contributed by atoms with Crippen molar-refractivity contribution >= 4 is 5.91 Å². The van der Waals surface area contributed by atoms with Gasteiger partial charge in [-0.2, -0.15) is 0 Å². The average Bonchev–Trinajstić information content (AvgIpc) is 2.37. The van der Waals surface area contributed by atoms with E-state index in [-0.39, 0.29) is 5.91 Å². The fourth-order valence-electron chi connectivity index (χ4n) is 1.52. The van der Waals surface area contributed by atoms with E-state index in [0.29, 0.717) is 6.42 Å². The third-order valence-electron chi connectivity index (χ3n) is 2.10. The van der Waals surface area contributed by atoms with Crippen LogP contribution >= 0.6 is 0 Å². The van der Waals surface area contributed by atoms with Crippen LogP contribution in [0.5, 0.6) is 0 Å². The minimum atomic E-state index is -0.00981. The number of carbonyl (C=O) groups excluding carboxylic acids is 1. The second-order valence-corrected chi connectivity index (χ2v) is 3.28. The zero-order chi connectivity index (χ0) is 10.7. The van der Waals surface area contributed by atoms with Crippen LogP contribution in [0.15, 0.2) is 48.4 Å². The summed E-state index contributed by atoms with van der Waals surface area (Å²) in [7, 11) is 0. The van der Waals surface area contributed by atoms with E-state index in [9.17, 15) is 4.79 Å². The molecular formula is C12H15NO. The van der Waals surface area contributed by atoms with Gasteiger partial charge in [-0.3, -0.25) is 9.69 Å². The highest BCUT2D eigenvalue weighted by Crippen LogP contribution is 2.33. The first-order valence-corrected chi connectivity index (χ1v) is 4.57. The van der Waals surface area contributed by atoms with Gasteiger partial charge in [0.25, 0.3) is 0 Å². The molecule has 0 unspecified atom stereocenters. The fraction of sp³-hybridized carbons (Fsp3) is 0.250. The molecule has 1 rings (SSSR count). The second kappa shape index (κ2) is 4.09. The number of nitrogens with zero attached hydrogens (tertiary/aromatic N) is 1. The molecule has 0 aliphatic carbocycles. The molecule has 0 aromatic heterocycles. The summed E-state index contributed by atoms with van der Waals surface area (Å²) in [5.41, 5.74) is 2.61. The Morgan fingerprint density at radius 2 is 2.14 bits per heavy atom. The Kier molecular flexibility index (Phi) is 3.07. The van der Waals surface area contributed by atoms with Crippen LogP contribution < -0.4 is 0 Å². The molecule has 1 fully saturated rings. The SMILES string of the molecule is C=C1CC(=C)N(C(C)=O)/C1=C/C=C\C. The minimum absolute atomic E-state index is 0.00981. The van der Waals surface area contributed by atoms with E-state index < -0.39 is 0 Å². The molecule has 0 atom stereocenters. The van der Waals surface area contributed by atoms with Crippen LogP contribution in [0.1, 0.15) is 20.3 Å². The van der Waals surface area contributed by atoms with Crippen LogP contribution in [0.3, 0.4) is 0 Å². The molecule has 2 nitrogen and oxygen atoms in total. The molecular weight excluding hydrogens is 174 g/mol. The summed E-state index contributed by atoms with van der Waals surface area (Å²) in [4.78, 5) is 12.9. The van der Waals surface area contributed by atoms with E-state index in [1.807, 2.05) is 25.2 Å². The average molecular weight is 189 g/mol. The van der Waals surface area contributed by atoms with Gasteiger partial charge < -0.3 is 0 Å². The minimum Gasteiger partial charge on any atom is -0.285 e. The molecule has 1 heterocycles. The lowest BCUT2D eigenvalue weighted by atomic mass is 10.2. The Morgan fingerprint density at radius 3 is 2.64 bits per heavy atom. The quantitative estimate of drug-likeness (QED) is 0.621. The van der Waals surface area contributed by atoms with Crippen molar-refractivity contribution < 1.29 is 4.79 Å². The number of hydrogen-bond acceptors (Lipinski definition) is 1. The Balaban J connectivity index is 3.07. The van der Waals surface area contributed by atoms with Gasteiger partial charge in [0.15, 0.2) is 0 Å². The molecule has 0 spiro atoms. The molecule has 14 heavy (non-hydrogen) atoms. The monoisotopic (exact) mass is 189 g/mol. The zero-order valence-corrected chi connectivity index (χ0v) is 8.71. The molecule has 0 radical (unpaired) electrons. The maximum Gasteiger partial charge on any atom is 0.228 e. The highest BCUT2D eigenvalue weighted by atomic mass is 16.2. The Hall–Kier alpha value is -1.57. The molecule has 0 bridgehead atoms. The van der Waals surface area contributed by atoms with Gasteiger partial charge in [0, 0.05) is 19.0 Å². The van der Waals surface area contributed by atoms with E-state index in [2.05, 4.69) is 13.2 Å². The fourth-order valence-corrected chi connectivity index (χ4v) is 1.52. The maximum atomic E-state index is 11.3. The molecule has 1 aliphatic rings. The topological polar surface area (TPSA) is 20.3 Å². The summed E-state index contributed by atoms with van der Waals surface area (Å²) in [5.74, 6) is -0.00981. The van der Waals surface area contributed by atoms with Crippen LogP contribution in [0, 0.1) is 0 Å². The van der Waals surface area contributed by atoms with E-state index in [4.69, 9.17) is 0 Å². The first-order chi connectivity index (χ1) is 6.57. The zero-order valence-electron chi connectivity index (χ0n) is 8.71. The number of rotatable bonds is 1. The summed E-state index contributed by atoms with van der Waals surface area (Å²) in [6, 6.07) is 0. The van der Waals surface area contributed by atoms with Crippen molar-refractivity contribution in [2.75, 3.05) is 0 Å². The summed E-state index contributed by atoms with van der Waals surface area (Å²) in [6.07, 6.45) is 6.39. The highest BCUT2D eigenvalue weighted by Gasteiger charge is 2.26. The smallest absolute Gasteiger partial charge is 0.228 e. The molecule has 0 saturated carbocycles. The van der Waals surface area contributed by atoms with E-state index in [0.717, 1.165) is 17.0 Å². The molecule has 1 saturated heterocycles. The predicted octanol–water partition coefficient (Wildman–Crippen LogP) is 2.77. The summed E-state index contributed by atoms with van der Waals surface area (Å²) in [6.45, 7) is 11.2. The van der Waals surface area contributed by atoms with Crippen molar-refractivity contribution in [2.24, 2.45) is 0 Å². The van der Waals surface area contributed by atoms with Gasteiger partial charge in [-0.1, -0.05) is 25.3 Å². The van der Waals surface area contributed by atoms with Gasteiger partial charge in [-0.05, 0) is 18.6 Å². The van der Waals surface area contributed by atoms with Gasteiger partial charge in [0.1, 0.15) is 0 Å². The van der Waals surface area contributed by atoms with Crippen LogP contribution in [0.4, 0.5) is 0 Å². The molecule has 0 aromatic carbocycles. The van der Waals surface area contributed by atoms with Crippen molar-refractivity contribution in [1.29, 1.82) is 0 Å². The Labute approximate surface area is 84.9 Å². The van der Waals surface area contributed by atoms with Crippen molar-refractivity contribution in [1.82, 2.24) is 4.90 Å². The van der Waals surface area contributed by atoms with E-state index in [1.165, 1.54) is 6.92 Å². The maximum absolute atomic E-state index is 11.3. The van der Waals surface area contributed by atoms with Crippen molar-refractivity contribution in [3.05, 3.63) is 48.4 Å². The third kappa shape index (κ3) is 1.84. The lowest BCUT2D eigenvalue weighted by Gasteiger charge is -2.16. The van der Waals surface area contributed by atoms with Crippen molar-refractivity contribution in [3.63, 3.8) is 0 Å². The molecule has 74 valence electrons. The lowest BCUT2D eigenvalue weighted by Crippen LogP contribution is -2.21. The standard InChI is InChI=1S/C12H15NO/c1-5-6-7-12-9(2)8-10(3)13(12)11(4)14/h5-7H,2-3,8H2,1,4H3/b6-5-,12-7+. The van der Waals surface area contributed by atoms with Gasteiger partial charge in [0.05, 0.1) is 5.70 Å². The van der Waals surface area contributed by atoms with Crippen LogP contribution in [0.2, 0.25) is 0 Å². The Bertz CT molecular complexity index is 347. The van der Waals surface area contributed by atoms with Gasteiger partial charge in [-0.25, -0.2) is 0 Å². The third-order valence-corrected chi connectivity index (χ3v) is 2.10. The number of hydrogen-bond donors (Lipinski definition) is 0. The molecule has 0 aromatic rings. The number of carbonyl (C=O) groups is 1. The van der Waals surface area contributed by atoms with Crippen LogP contribution in [-0.2, 0) is 4.79 Å². The van der Waals surface area contributed by atoms with Crippen LogP contribution in [0.25, 0.3) is 0 Å². The summed E-state index contributed by atoms with van der Waals surface area (Å²) < 4.78 is 0. The summed E-state index contributed by atoms with van der Waals surface area (Å²) in [5, 5.41) is 0. The molecule has 2 heteroatoms. The molecule has 1 aliphatic heterocycles. The predicted molar refractivity (Wildman–Crippen MR) is 58.3 cm³/mol. The van der Waals surface area contributed by atoms with E-state index >= 15 is 0 Å². The second-order valence-electron chi connectivity index (χ2n) is 3.28. The molecule has 1 amide bonds. The first-order valence-electron chi connectivity index (χ1n) is 4.57. The lowest BCUT2D eigenvalue weighted by molar-refractivity contribution is -0.124. The van der Waals surface area contributed by atoms with Gasteiger partial charge in [0.2, 0.25) is 5.91 Å². The largest absolute Gasteiger partial charge is 0.285 e. The van der Waals surface area contributed by atoms with Crippen LogP contribution in [-0.4, -0.2) is 10.8 Å². The van der Waals surface area contributed by atoms with Gasteiger partial charge >= 0.3 is 0 Å². The molecule has 0 N–H and O–H groups in total. The van der Waals surface area contributed by atoms with Crippen molar-refractivity contribution in [2.45, 2.75) is 20.3 Å². The summed E-state index contributed by atoms with van der Waals surface area (Å²) >= 11 is 0. The normalized spacial score (nSPS) is 20.1.